The molecule has 31 heavy (non-hydrogen) atoms. The molecule has 0 saturated carbocycles. The first-order valence-electron chi connectivity index (χ1n) is 9.94. The molecule has 0 atom stereocenters. The van der Waals surface area contributed by atoms with Gasteiger partial charge in [0.2, 0.25) is 0 Å². The second-order valence-electron chi connectivity index (χ2n) is 7.07. The van der Waals surface area contributed by atoms with Gasteiger partial charge >= 0.3 is 0 Å². The zero-order valence-corrected chi connectivity index (χ0v) is 19.3. The van der Waals surface area contributed by atoms with Crippen molar-refractivity contribution in [2.45, 2.75) is 36.6 Å². The van der Waals surface area contributed by atoms with Gasteiger partial charge in [-0.15, -0.1) is 11.3 Å². The van der Waals surface area contributed by atoms with Crippen molar-refractivity contribution < 1.29 is 9.59 Å². The number of carbonyl (C=O) groups excluding carboxylic acids is 2. The number of halogens is 1. The largest absolute Gasteiger partial charge is 0.355 e. The van der Waals surface area contributed by atoms with Gasteiger partial charge in [0.25, 0.3) is 11.8 Å². The minimum Gasteiger partial charge on any atom is -0.355 e. The Morgan fingerprint density at radius 1 is 1.16 bits per heavy atom. The molecule has 4 rings (SSSR count). The van der Waals surface area contributed by atoms with Crippen LogP contribution < -0.4 is 10.6 Å². The summed E-state index contributed by atoms with van der Waals surface area (Å²) < 4.78 is 0. The van der Waals surface area contributed by atoms with Crippen molar-refractivity contribution >= 4 is 51.5 Å². The predicted octanol–water partition coefficient (Wildman–Crippen LogP) is 4.97. The molecule has 0 aliphatic heterocycles. The Morgan fingerprint density at radius 2 is 1.94 bits per heavy atom. The number of hydrogen-bond donors (Lipinski definition) is 2. The molecular formula is C22H21ClN4O2S2. The lowest BCUT2D eigenvalue weighted by molar-refractivity contribution is 0.0963. The number of carbonyl (C=O) groups is 2. The maximum absolute atomic E-state index is 13.0. The Kier molecular flexibility index (Phi) is 6.89. The van der Waals surface area contributed by atoms with E-state index in [4.69, 9.17) is 11.6 Å². The third-order valence-electron chi connectivity index (χ3n) is 5.00. The van der Waals surface area contributed by atoms with Crippen LogP contribution in [0.2, 0.25) is 5.02 Å². The molecule has 0 radical (unpaired) electrons. The van der Waals surface area contributed by atoms with Crippen LogP contribution in [-0.2, 0) is 18.6 Å². The fourth-order valence-electron chi connectivity index (χ4n) is 3.48. The van der Waals surface area contributed by atoms with E-state index < -0.39 is 5.91 Å². The van der Waals surface area contributed by atoms with Crippen LogP contribution in [0.25, 0.3) is 0 Å². The lowest BCUT2D eigenvalue weighted by Gasteiger charge is -2.12. The molecule has 1 aromatic carbocycles. The fraction of sp³-hybridized carbons (Fsp3) is 0.273. The molecule has 0 unspecified atom stereocenters. The molecule has 2 heterocycles. The predicted molar refractivity (Wildman–Crippen MR) is 125 cm³/mol. The van der Waals surface area contributed by atoms with E-state index in [1.807, 2.05) is 30.3 Å². The van der Waals surface area contributed by atoms with E-state index in [9.17, 15) is 9.59 Å². The Hall–Kier alpha value is -2.42. The topological polar surface area (TPSA) is 84.0 Å². The van der Waals surface area contributed by atoms with Crippen molar-refractivity contribution in [3.8, 4) is 0 Å². The number of aryl methyl sites for hydroxylation is 1. The second-order valence-corrected chi connectivity index (χ2v) is 9.53. The zero-order chi connectivity index (χ0) is 21.8. The number of rotatable bonds is 6. The second kappa shape index (κ2) is 9.80. The maximum Gasteiger partial charge on any atom is 0.276 e. The first-order chi connectivity index (χ1) is 15.1. The Morgan fingerprint density at radius 3 is 2.71 bits per heavy atom. The van der Waals surface area contributed by atoms with Crippen LogP contribution >= 0.6 is 34.7 Å². The molecule has 2 amide bonds. The van der Waals surface area contributed by atoms with E-state index in [0.717, 1.165) is 41.7 Å². The molecule has 0 spiro atoms. The summed E-state index contributed by atoms with van der Waals surface area (Å²) in [5.74, 6) is 0.0439. The SMILES string of the molecule is CNC(=O)c1c(NC(=O)c2nc(SCc3ccccc3)ncc2Cl)sc2c1CCCC2. The van der Waals surface area contributed by atoms with Gasteiger partial charge < -0.3 is 10.6 Å². The first-order valence-corrected chi connectivity index (χ1v) is 12.1. The van der Waals surface area contributed by atoms with E-state index >= 15 is 0 Å². The third-order valence-corrected chi connectivity index (χ3v) is 7.42. The number of aromatic nitrogens is 2. The molecule has 1 aliphatic carbocycles. The lowest BCUT2D eigenvalue weighted by atomic mass is 9.95. The minimum atomic E-state index is -0.447. The van der Waals surface area contributed by atoms with Gasteiger partial charge in [0.05, 0.1) is 16.8 Å². The van der Waals surface area contributed by atoms with Gasteiger partial charge in [-0.05, 0) is 36.8 Å². The Balaban J connectivity index is 1.56. The third kappa shape index (κ3) is 4.92. The van der Waals surface area contributed by atoms with E-state index in [1.54, 1.807) is 7.05 Å². The Labute approximate surface area is 193 Å². The smallest absolute Gasteiger partial charge is 0.276 e. The number of benzene rings is 1. The van der Waals surface area contributed by atoms with Crippen LogP contribution in [0.5, 0.6) is 0 Å². The van der Waals surface area contributed by atoms with Gasteiger partial charge in [0.1, 0.15) is 5.00 Å². The number of anilines is 1. The molecular weight excluding hydrogens is 452 g/mol. The number of thioether (sulfide) groups is 1. The number of amides is 2. The van der Waals surface area contributed by atoms with Gasteiger partial charge in [-0.2, -0.15) is 0 Å². The molecule has 2 aromatic heterocycles. The monoisotopic (exact) mass is 472 g/mol. The molecule has 1 aliphatic rings. The van der Waals surface area contributed by atoms with E-state index in [0.29, 0.717) is 21.5 Å². The highest BCUT2D eigenvalue weighted by Crippen LogP contribution is 2.38. The number of nitrogens with zero attached hydrogens (tertiary/aromatic N) is 2. The molecule has 0 saturated heterocycles. The van der Waals surface area contributed by atoms with Crippen molar-refractivity contribution in [3.63, 3.8) is 0 Å². The van der Waals surface area contributed by atoms with Gasteiger partial charge in [-0.3, -0.25) is 9.59 Å². The molecule has 2 N–H and O–H groups in total. The minimum absolute atomic E-state index is 0.0986. The Bertz CT molecular complexity index is 1120. The highest BCUT2D eigenvalue weighted by molar-refractivity contribution is 7.98. The zero-order valence-electron chi connectivity index (χ0n) is 16.9. The van der Waals surface area contributed by atoms with Crippen molar-refractivity contribution in [3.05, 3.63) is 68.8 Å². The van der Waals surface area contributed by atoms with Crippen LogP contribution in [0.3, 0.4) is 0 Å². The van der Waals surface area contributed by atoms with Crippen LogP contribution in [0.4, 0.5) is 5.00 Å². The number of hydrogen-bond acceptors (Lipinski definition) is 6. The summed E-state index contributed by atoms with van der Waals surface area (Å²) in [4.78, 5) is 35.3. The average Bonchev–Trinajstić information content (AvgIpc) is 3.16. The van der Waals surface area contributed by atoms with E-state index in [1.165, 1.54) is 29.3 Å². The van der Waals surface area contributed by atoms with Crippen molar-refractivity contribution in [1.29, 1.82) is 0 Å². The summed E-state index contributed by atoms with van der Waals surface area (Å²) in [5.41, 5.74) is 2.83. The van der Waals surface area contributed by atoms with Crippen molar-refractivity contribution in [2.75, 3.05) is 12.4 Å². The standard InChI is InChI=1S/C22H21ClN4O2S2/c1-24-19(28)17-14-9-5-6-10-16(14)31-21(17)27-20(29)18-15(23)11-25-22(26-18)30-12-13-7-3-2-4-8-13/h2-4,7-8,11H,5-6,9-10,12H2,1H3,(H,24,28)(H,27,29). The normalized spacial score (nSPS) is 12.8. The van der Waals surface area contributed by atoms with Gasteiger partial charge in [0, 0.05) is 17.7 Å². The van der Waals surface area contributed by atoms with Crippen LogP contribution in [-0.4, -0.2) is 28.8 Å². The number of fused-ring (bicyclic) bond motifs is 1. The molecule has 0 bridgehead atoms. The van der Waals surface area contributed by atoms with Crippen LogP contribution in [0, 0.1) is 0 Å². The molecule has 160 valence electrons. The summed E-state index contributed by atoms with van der Waals surface area (Å²) in [7, 11) is 1.60. The summed E-state index contributed by atoms with van der Waals surface area (Å²) in [5, 5.41) is 6.75. The maximum atomic E-state index is 13.0. The van der Waals surface area contributed by atoms with Gasteiger partial charge in [-0.1, -0.05) is 53.7 Å². The summed E-state index contributed by atoms with van der Waals surface area (Å²) in [6.45, 7) is 0. The summed E-state index contributed by atoms with van der Waals surface area (Å²) in [6, 6.07) is 9.96. The fourth-order valence-corrected chi connectivity index (χ4v) is 5.71. The first kappa shape index (κ1) is 21.8. The quantitative estimate of drug-likeness (QED) is 0.390. The molecule has 0 fully saturated rings. The van der Waals surface area contributed by atoms with Crippen molar-refractivity contribution in [1.82, 2.24) is 15.3 Å². The van der Waals surface area contributed by atoms with Crippen molar-refractivity contribution in [2.24, 2.45) is 0 Å². The molecule has 9 heteroatoms. The lowest BCUT2D eigenvalue weighted by Crippen LogP contribution is -2.22. The summed E-state index contributed by atoms with van der Waals surface area (Å²) >= 11 is 9.13. The highest BCUT2D eigenvalue weighted by Gasteiger charge is 2.27. The molecule has 6 nitrogen and oxygen atoms in total. The van der Waals surface area contributed by atoms with Gasteiger partial charge in [-0.25, -0.2) is 9.97 Å². The number of nitrogens with one attached hydrogen (secondary N) is 2. The number of thiophene rings is 1. The van der Waals surface area contributed by atoms with Gasteiger partial charge in [0.15, 0.2) is 10.9 Å². The average molecular weight is 473 g/mol. The highest BCUT2D eigenvalue weighted by atomic mass is 35.5. The van der Waals surface area contributed by atoms with Crippen LogP contribution in [0.1, 0.15) is 49.7 Å². The van der Waals surface area contributed by atoms with E-state index in [2.05, 4.69) is 20.6 Å². The summed E-state index contributed by atoms with van der Waals surface area (Å²) in [6.07, 6.45) is 5.35. The van der Waals surface area contributed by atoms with Crippen LogP contribution in [0.15, 0.2) is 41.7 Å². The molecule has 3 aromatic rings. The van der Waals surface area contributed by atoms with E-state index in [-0.39, 0.29) is 16.6 Å².